The second-order valence-corrected chi connectivity index (χ2v) is 6.19. The minimum absolute atomic E-state index is 0.0835. The van der Waals surface area contributed by atoms with Gasteiger partial charge in [-0.3, -0.25) is 9.59 Å². The molecule has 2 aliphatic rings. The van der Waals surface area contributed by atoms with E-state index >= 15 is 0 Å². The number of aliphatic carboxylic acids is 1. The summed E-state index contributed by atoms with van der Waals surface area (Å²) >= 11 is 0. The Labute approximate surface area is 120 Å². The van der Waals surface area contributed by atoms with Gasteiger partial charge in [-0.05, 0) is 38.5 Å². The number of rotatable bonds is 4. The average Bonchev–Trinajstić information content (AvgIpc) is 2.48. The van der Waals surface area contributed by atoms with Crippen molar-refractivity contribution in [1.82, 2.24) is 5.32 Å². The number of amides is 1. The number of allylic oxidation sites excluding steroid dienone is 2. The van der Waals surface area contributed by atoms with E-state index in [0.717, 1.165) is 0 Å². The summed E-state index contributed by atoms with van der Waals surface area (Å²) in [5, 5.41) is 12.3. The normalized spacial score (nSPS) is 28.9. The van der Waals surface area contributed by atoms with Crippen molar-refractivity contribution in [2.75, 3.05) is 0 Å². The number of carbonyl (C=O) groups excluding carboxylic acids is 1. The maximum atomic E-state index is 12.4. The van der Waals surface area contributed by atoms with Crippen molar-refractivity contribution in [3.05, 3.63) is 12.2 Å². The molecular formula is C16H25NO3. The number of nitrogens with one attached hydrogen (secondary N) is 1. The topological polar surface area (TPSA) is 66.4 Å². The van der Waals surface area contributed by atoms with Crippen molar-refractivity contribution in [2.45, 2.75) is 57.9 Å². The minimum atomic E-state index is -0.861. The molecule has 2 aliphatic carbocycles. The van der Waals surface area contributed by atoms with E-state index in [-0.39, 0.29) is 11.9 Å². The third-order valence-electron chi connectivity index (χ3n) is 4.81. The summed E-state index contributed by atoms with van der Waals surface area (Å²) in [6, 6.07) is 0.156. The molecule has 112 valence electrons. The molecule has 0 saturated heterocycles. The predicted octanol–water partition coefficient (Wildman–Crippen LogP) is 2.74. The Morgan fingerprint density at radius 3 is 2.30 bits per heavy atom. The van der Waals surface area contributed by atoms with Crippen LogP contribution in [0.4, 0.5) is 0 Å². The zero-order chi connectivity index (χ0) is 14.5. The van der Waals surface area contributed by atoms with E-state index in [1.165, 1.54) is 32.1 Å². The number of carboxylic acid groups (broad SMARTS) is 1. The Kier molecular flexibility index (Phi) is 5.21. The summed E-state index contributed by atoms with van der Waals surface area (Å²) in [5.41, 5.74) is 0. The summed E-state index contributed by atoms with van der Waals surface area (Å²) < 4.78 is 0. The van der Waals surface area contributed by atoms with E-state index in [0.29, 0.717) is 18.8 Å². The third-order valence-corrected chi connectivity index (χ3v) is 4.81. The third kappa shape index (κ3) is 3.62. The maximum Gasteiger partial charge on any atom is 0.307 e. The summed E-state index contributed by atoms with van der Waals surface area (Å²) in [7, 11) is 0. The van der Waals surface area contributed by atoms with Gasteiger partial charge in [-0.15, -0.1) is 0 Å². The summed E-state index contributed by atoms with van der Waals surface area (Å²) in [6.07, 6.45) is 10.9. The molecule has 0 bridgehead atoms. The highest BCUT2D eigenvalue weighted by Crippen LogP contribution is 2.29. The van der Waals surface area contributed by atoms with E-state index in [1.807, 2.05) is 12.2 Å². The molecule has 0 heterocycles. The number of carbonyl (C=O) groups is 2. The van der Waals surface area contributed by atoms with Crippen LogP contribution < -0.4 is 5.32 Å². The van der Waals surface area contributed by atoms with Crippen molar-refractivity contribution >= 4 is 11.9 Å². The Bertz CT molecular complexity index is 385. The van der Waals surface area contributed by atoms with Crippen molar-refractivity contribution < 1.29 is 14.7 Å². The van der Waals surface area contributed by atoms with E-state index in [1.54, 1.807) is 0 Å². The molecule has 3 unspecified atom stereocenters. The van der Waals surface area contributed by atoms with Crippen LogP contribution in [0.15, 0.2) is 12.2 Å². The van der Waals surface area contributed by atoms with Gasteiger partial charge in [0, 0.05) is 6.04 Å². The Hall–Kier alpha value is -1.32. The lowest BCUT2D eigenvalue weighted by atomic mass is 9.81. The second kappa shape index (κ2) is 6.91. The first-order valence-electron chi connectivity index (χ1n) is 7.77. The zero-order valence-corrected chi connectivity index (χ0v) is 12.2. The lowest BCUT2D eigenvalue weighted by Gasteiger charge is -2.31. The zero-order valence-electron chi connectivity index (χ0n) is 12.2. The summed E-state index contributed by atoms with van der Waals surface area (Å²) in [4.78, 5) is 23.6. The molecule has 2 rings (SSSR count). The molecule has 0 aromatic heterocycles. The molecule has 1 amide bonds. The van der Waals surface area contributed by atoms with Gasteiger partial charge in [0.25, 0.3) is 0 Å². The Morgan fingerprint density at radius 1 is 1.10 bits per heavy atom. The quantitative estimate of drug-likeness (QED) is 0.778. The summed E-state index contributed by atoms with van der Waals surface area (Å²) in [6.45, 7) is 2.06. The van der Waals surface area contributed by atoms with Crippen molar-refractivity contribution in [2.24, 2.45) is 17.8 Å². The van der Waals surface area contributed by atoms with Gasteiger partial charge in [0.15, 0.2) is 0 Å². The number of carboxylic acids is 1. The van der Waals surface area contributed by atoms with Crippen LogP contribution >= 0.6 is 0 Å². The van der Waals surface area contributed by atoms with Gasteiger partial charge >= 0.3 is 5.97 Å². The van der Waals surface area contributed by atoms with Crippen LogP contribution in [0.5, 0.6) is 0 Å². The SMILES string of the molecule is CC(NC(=O)C1CC=CCC1C(=O)O)C1CCCCC1. The maximum absolute atomic E-state index is 12.4. The van der Waals surface area contributed by atoms with E-state index in [9.17, 15) is 14.7 Å². The van der Waals surface area contributed by atoms with Gasteiger partial charge in [-0.1, -0.05) is 31.4 Å². The molecule has 3 atom stereocenters. The monoisotopic (exact) mass is 279 g/mol. The van der Waals surface area contributed by atoms with Crippen LogP contribution in [0, 0.1) is 17.8 Å². The van der Waals surface area contributed by atoms with Gasteiger partial charge in [-0.2, -0.15) is 0 Å². The largest absolute Gasteiger partial charge is 0.481 e. The molecule has 20 heavy (non-hydrogen) atoms. The summed E-state index contributed by atoms with van der Waals surface area (Å²) in [5.74, 6) is -1.38. The molecule has 0 aromatic carbocycles. The van der Waals surface area contributed by atoms with Crippen LogP contribution in [0.1, 0.15) is 51.9 Å². The van der Waals surface area contributed by atoms with Gasteiger partial charge in [-0.25, -0.2) is 0 Å². The first-order valence-corrected chi connectivity index (χ1v) is 7.77. The minimum Gasteiger partial charge on any atom is -0.481 e. The van der Waals surface area contributed by atoms with Gasteiger partial charge in [0.05, 0.1) is 11.8 Å². The highest BCUT2D eigenvalue weighted by Gasteiger charge is 2.35. The fraction of sp³-hybridized carbons (Fsp3) is 0.750. The fourth-order valence-corrected chi connectivity index (χ4v) is 3.46. The first-order chi connectivity index (χ1) is 9.59. The highest BCUT2D eigenvalue weighted by molar-refractivity contribution is 5.85. The van der Waals surface area contributed by atoms with E-state index in [2.05, 4.69) is 12.2 Å². The molecule has 1 saturated carbocycles. The van der Waals surface area contributed by atoms with Crippen LogP contribution in [0.2, 0.25) is 0 Å². The molecule has 1 fully saturated rings. The number of hydrogen-bond acceptors (Lipinski definition) is 2. The molecule has 0 aromatic rings. The van der Waals surface area contributed by atoms with Crippen LogP contribution in [0.25, 0.3) is 0 Å². The van der Waals surface area contributed by atoms with Gasteiger partial charge in [0.1, 0.15) is 0 Å². The number of hydrogen-bond donors (Lipinski definition) is 2. The molecule has 4 heteroatoms. The predicted molar refractivity (Wildman–Crippen MR) is 77.2 cm³/mol. The first kappa shape index (κ1) is 15.1. The molecule has 2 N–H and O–H groups in total. The standard InChI is InChI=1S/C16H25NO3/c1-11(12-7-3-2-4-8-12)17-15(18)13-9-5-6-10-14(13)16(19)20/h5-6,11-14H,2-4,7-10H2,1H3,(H,17,18)(H,19,20). The van der Waals surface area contributed by atoms with Gasteiger partial charge < -0.3 is 10.4 Å². The smallest absolute Gasteiger partial charge is 0.307 e. The lowest BCUT2D eigenvalue weighted by Crippen LogP contribution is -2.45. The van der Waals surface area contributed by atoms with Crippen LogP contribution in [-0.4, -0.2) is 23.0 Å². The van der Waals surface area contributed by atoms with Crippen molar-refractivity contribution in [3.63, 3.8) is 0 Å². The molecule has 4 nitrogen and oxygen atoms in total. The fourth-order valence-electron chi connectivity index (χ4n) is 3.46. The highest BCUT2D eigenvalue weighted by atomic mass is 16.4. The average molecular weight is 279 g/mol. The van der Waals surface area contributed by atoms with E-state index in [4.69, 9.17) is 0 Å². The van der Waals surface area contributed by atoms with Crippen molar-refractivity contribution in [3.8, 4) is 0 Å². The molecular weight excluding hydrogens is 254 g/mol. The molecule has 0 spiro atoms. The lowest BCUT2D eigenvalue weighted by molar-refractivity contribution is -0.147. The van der Waals surface area contributed by atoms with Crippen LogP contribution in [-0.2, 0) is 9.59 Å². The van der Waals surface area contributed by atoms with E-state index < -0.39 is 17.8 Å². The Morgan fingerprint density at radius 2 is 1.70 bits per heavy atom. The second-order valence-electron chi connectivity index (χ2n) is 6.19. The Balaban J connectivity index is 1.92. The molecule has 0 aliphatic heterocycles. The molecule has 0 radical (unpaired) electrons. The van der Waals surface area contributed by atoms with Crippen molar-refractivity contribution in [1.29, 1.82) is 0 Å². The van der Waals surface area contributed by atoms with Gasteiger partial charge in [0.2, 0.25) is 5.91 Å². The van der Waals surface area contributed by atoms with Crippen LogP contribution in [0.3, 0.4) is 0 Å².